The average molecular weight is 353 g/mol. The minimum Gasteiger partial charge on any atom is -0.463 e. The first-order chi connectivity index (χ1) is 11.3. The van der Waals surface area contributed by atoms with Crippen LogP contribution in [0.5, 0.6) is 0 Å². The molecule has 1 atom stereocenters. The number of rotatable bonds is 5. The number of hydrogen-bond acceptors (Lipinski definition) is 6. The first-order valence-electron chi connectivity index (χ1n) is 7.52. The summed E-state index contributed by atoms with van der Waals surface area (Å²) in [4.78, 5) is 23.8. The van der Waals surface area contributed by atoms with Gasteiger partial charge in [0, 0.05) is 6.08 Å². The van der Waals surface area contributed by atoms with Gasteiger partial charge >= 0.3 is 12.1 Å². The average Bonchev–Trinajstić information content (AvgIpc) is 2.84. The zero-order valence-electron chi connectivity index (χ0n) is 13.7. The molecule has 0 bridgehead atoms. The highest BCUT2D eigenvalue weighted by Gasteiger charge is 2.44. The van der Waals surface area contributed by atoms with Crippen LogP contribution in [-0.2, 0) is 24.3 Å². The molecule has 0 unspecified atom stereocenters. The van der Waals surface area contributed by atoms with E-state index in [1.807, 2.05) is 6.92 Å². The van der Waals surface area contributed by atoms with E-state index in [2.05, 4.69) is 0 Å². The number of nitrogens with zero attached hydrogens (tertiary/aromatic N) is 1. The number of carbonyl (C=O) groups is 2. The molecule has 1 heterocycles. The molecule has 1 amide bonds. The molecule has 7 nitrogen and oxygen atoms in total. The summed E-state index contributed by atoms with van der Waals surface area (Å²) >= 11 is 0. The van der Waals surface area contributed by atoms with Crippen molar-refractivity contribution in [1.29, 1.82) is 0 Å². The van der Waals surface area contributed by atoms with Crippen molar-refractivity contribution in [2.75, 3.05) is 6.61 Å². The van der Waals surface area contributed by atoms with Gasteiger partial charge in [-0.1, -0.05) is 24.6 Å². The Morgan fingerprint density at radius 1 is 1.29 bits per heavy atom. The van der Waals surface area contributed by atoms with Crippen molar-refractivity contribution in [2.45, 2.75) is 38.2 Å². The number of cyclic esters (lactones) is 1. The summed E-state index contributed by atoms with van der Waals surface area (Å²) in [5, 5.41) is 0. The first-order valence-corrected chi connectivity index (χ1v) is 8.96. The van der Waals surface area contributed by atoms with Crippen LogP contribution in [0.15, 0.2) is 40.9 Å². The summed E-state index contributed by atoms with van der Waals surface area (Å²) in [6.45, 7) is 5.31. The molecule has 1 aliphatic heterocycles. The highest BCUT2D eigenvalue weighted by molar-refractivity contribution is 7.89. The predicted molar refractivity (Wildman–Crippen MR) is 85.5 cm³/mol. The number of ether oxygens (including phenoxy) is 2. The molecule has 0 aliphatic carbocycles. The van der Waals surface area contributed by atoms with Crippen LogP contribution in [0.1, 0.15) is 25.8 Å². The Balaban J connectivity index is 2.49. The lowest BCUT2D eigenvalue weighted by Crippen LogP contribution is -2.31. The first kappa shape index (κ1) is 18.0. The molecule has 8 heteroatoms. The van der Waals surface area contributed by atoms with Gasteiger partial charge in [0.1, 0.15) is 6.10 Å². The van der Waals surface area contributed by atoms with Gasteiger partial charge in [0.05, 0.1) is 17.2 Å². The number of carbonyl (C=O) groups excluding carboxylic acids is 2. The largest absolute Gasteiger partial charge is 0.463 e. The molecule has 0 spiro atoms. The van der Waals surface area contributed by atoms with E-state index in [0.29, 0.717) is 10.7 Å². The Kier molecular flexibility index (Phi) is 5.28. The second-order valence-corrected chi connectivity index (χ2v) is 6.97. The molecular formula is C16H19NO6S. The molecule has 1 aromatic carbocycles. The third-order valence-corrected chi connectivity index (χ3v) is 5.16. The van der Waals surface area contributed by atoms with Crippen molar-refractivity contribution in [3.05, 3.63) is 41.6 Å². The van der Waals surface area contributed by atoms with Gasteiger partial charge in [-0.05, 0) is 32.4 Å². The van der Waals surface area contributed by atoms with Gasteiger partial charge < -0.3 is 9.47 Å². The summed E-state index contributed by atoms with van der Waals surface area (Å²) in [7, 11) is -4.17. The van der Waals surface area contributed by atoms with Crippen LogP contribution < -0.4 is 0 Å². The zero-order chi connectivity index (χ0) is 17.9. The maximum absolute atomic E-state index is 12.8. The fourth-order valence-corrected chi connectivity index (χ4v) is 3.65. The molecule has 0 saturated carbocycles. The summed E-state index contributed by atoms with van der Waals surface area (Å²) in [6.07, 6.45) is -0.523. The third kappa shape index (κ3) is 3.43. The molecule has 2 rings (SSSR count). The SMILES string of the molecule is CCOC(=O)/C=C1\[C@@H](CC)OC(=O)N1S(=O)(=O)c1ccc(C)cc1. The van der Waals surface area contributed by atoms with Crippen molar-refractivity contribution in [3.63, 3.8) is 0 Å². The van der Waals surface area contributed by atoms with Gasteiger partial charge in [-0.15, -0.1) is 0 Å². The summed E-state index contributed by atoms with van der Waals surface area (Å²) in [5.41, 5.74) is 0.841. The summed E-state index contributed by atoms with van der Waals surface area (Å²) in [5.74, 6) is -0.728. The molecule has 1 saturated heterocycles. The topological polar surface area (TPSA) is 90.0 Å². The fraction of sp³-hybridized carbons (Fsp3) is 0.375. The Bertz CT molecular complexity index is 766. The molecular weight excluding hydrogens is 334 g/mol. The van der Waals surface area contributed by atoms with E-state index < -0.39 is 28.2 Å². The van der Waals surface area contributed by atoms with E-state index in [0.717, 1.165) is 11.6 Å². The number of amides is 1. The lowest BCUT2D eigenvalue weighted by Gasteiger charge is -2.16. The molecule has 1 aliphatic rings. The highest BCUT2D eigenvalue weighted by atomic mass is 32.2. The molecule has 130 valence electrons. The van der Waals surface area contributed by atoms with E-state index in [-0.39, 0.29) is 17.2 Å². The van der Waals surface area contributed by atoms with Gasteiger partial charge in [-0.25, -0.2) is 18.0 Å². The standard InChI is InChI=1S/C16H19NO6S/c1-4-14-13(10-15(18)22-5-2)17(16(19)23-14)24(20,21)12-8-6-11(3)7-9-12/h6-10,14H,4-5H2,1-3H3/b13-10+/t14-/m1/s1. The van der Waals surface area contributed by atoms with Crippen molar-refractivity contribution in [3.8, 4) is 0 Å². The number of benzene rings is 1. The van der Waals surface area contributed by atoms with E-state index in [1.165, 1.54) is 12.1 Å². The van der Waals surface area contributed by atoms with Crippen molar-refractivity contribution in [2.24, 2.45) is 0 Å². The smallest absolute Gasteiger partial charge is 0.429 e. The van der Waals surface area contributed by atoms with Gasteiger partial charge in [0.25, 0.3) is 10.0 Å². The maximum Gasteiger partial charge on any atom is 0.429 e. The minimum atomic E-state index is -4.17. The van der Waals surface area contributed by atoms with E-state index in [1.54, 1.807) is 26.0 Å². The predicted octanol–water partition coefficient (Wildman–Crippen LogP) is 2.36. The monoisotopic (exact) mass is 353 g/mol. The molecule has 24 heavy (non-hydrogen) atoms. The van der Waals surface area contributed by atoms with Crippen molar-refractivity contribution in [1.82, 2.24) is 4.31 Å². The maximum atomic E-state index is 12.8. The molecule has 1 aromatic rings. The Morgan fingerprint density at radius 3 is 2.46 bits per heavy atom. The second kappa shape index (κ2) is 7.04. The van der Waals surface area contributed by atoms with Crippen molar-refractivity contribution >= 4 is 22.1 Å². The second-order valence-electron chi connectivity index (χ2n) is 5.18. The Morgan fingerprint density at radius 2 is 1.92 bits per heavy atom. The fourth-order valence-electron chi connectivity index (χ4n) is 2.27. The van der Waals surface area contributed by atoms with Crippen molar-refractivity contribution < 1.29 is 27.5 Å². The number of sulfonamides is 1. The van der Waals surface area contributed by atoms with Gasteiger partial charge in [-0.3, -0.25) is 0 Å². The van der Waals surface area contributed by atoms with Gasteiger partial charge in [0.15, 0.2) is 0 Å². The summed E-state index contributed by atoms with van der Waals surface area (Å²) < 4.78 is 36.0. The van der Waals surface area contributed by atoms with E-state index >= 15 is 0 Å². The molecule has 0 aromatic heterocycles. The van der Waals surface area contributed by atoms with E-state index in [9.17, 15) is 18.0 Å². The third-order valence-electron chi connectivity index (χ3n) is 3.46. The molecule has 0 N–H and O–H groups in total. The lowest BCUT2D eigenvalue weighted by molar-refractivity contribution is -0.137. The van der Waals surface area contributed by atoms with Crippen LogP contribution in [-0.4, -0.2) is 37.5 Å². The van der Waals surface area contributed by atoms with Crippen LogP contribution in [0.3, 0.4) is 0 Å². The zero-order valence-corrected chi connectivity index (χ0v) is 14.5. The number of hydrogen-bond donors (Lipinski definition) is 0. The Labute approximate surface area is 140 Å². The van der Waals surface area contributed by atoms with Crippen LogP contribution >= 0.6 is 0 Å². The quantitative estimate of drug-likeness (QED) is 0.596. The number of aryl methyl sites for hydroxylation is 1. The Hall–Kier alpha value is -2.35. The molecule has 0 radical (unpaired) electrons. The lowest BCUT2D eigenvalue weighted by atomic mass is 10.2. The minimum absolute atomic E-state index is 0.0403. The van der Waals surface area contributed by atoms with Crippen LogP contribution in [0, 0.1) is 6.92 Å². The van der Waals surface area contributed by atoms with Crippen LogP contribution in [0.4, 0.5) is 4.79 Å². The van der Waals surface area contributed by atoms with Crippen LogP contribution in [0.2, 0.25) is 0 Å². The van der Waals surface area contributed by atoms with E-state index in [4.69, 9.17) is 9.47 Å². The normalized spacial score (nSPS) is 19.5. The summed E-state index contributed by atoms with van der Waals surface area (Å²) in [6, 6.07) is 6.05. The number of esters is 1. The molecule has 1 fully saturated rings. The highest BCUT2D eigenvalue weighted by Crippen LogP contribution is 2.32. The van der Waals surface area contributed by atoms with Gasteiger partial charge in [0.2, 0.25) is 0 Å². The van der Waals surface area contributed by atoms with Crippen LogP contribution in [0.25, 0.3) is 0 Å². The van der Waals surface area contributed by atoms with Gasteiger partial charge in [-0.2, -0.15) is 4.31 Å².